The zero-order valence-corrected chi connectivity index (χ0v) is 25.5. The molecule has 0 N–H and O–H groups in total. The van der Waals surface area contributed by atoms with Gasteiger partial charge < -0.3 is 14.5 Å². The first-order chi connectivity index (χ1) is 23.4. The Morgan fingerprint density at radius 3 is 1.70 bits per heavy atom. The highest BCUT2D eigenvalue weighted by Gasteiger charge is 2.54. The fourth-order valence-corrected chi connectivity index (χ4v) is 9.05. The molecular formula is C43H27BN2O. The Morgan fingerprint density at radius 2 is 0.936 bits per heavy atom. The molecular weight excluding hydrogens is 571 g/mol. The Bertz CT molecular complexity index is 2390. The number of anilines is 6. The summed E-state index contributed by atoms with van der Waals surface area (Å²) in [6, 6.07) is 59.9. The van der Waals surface area contributed by atoms with Crippen molar-refractivity contribution in [1.82, 2.24) is 0 Å². The van der Waals surface area contributed by atoms with Crippen LogP contribution in [0.4, 0.5) is 34.1 Å². The summed E-state index contributed by atoms with van der Waals surface area (Å²) in [6.45, 7) is 0.0798. The van der Waals surface area contributed by atoms with E-state index in [1.165, 1.54) is 72.8 Å². The van der Waals surface area contributed by atoms with E-state index in [-0.39, 0.29) is 6.71 Å². The zero-order chi connectivity index (χ0) is 30.7. The first kappa shape index (κ1) is 25.2. The third-order valence-corrected chi connectivity index (χ3v) is 10.7. The fourth-order valence-electron chi connectivity index (χ4n) is 9.05. The maximum absolute atomic E-state index is 6.64. The van der Waals surface area contributed by atoms with Gasteiger partial charge in [-0.2, -0.15) is 0 Å². The summed E-state index contributed by atoms with van der Waals surface area (Å²) < 4.78 is 6.64. The van der Waals surface area contributed by atoms with E-state index in [9.17, 15) is 0 Å². The van der Waals surface area contributed by atoms with Crippen LogP contribution in [-0.4, -0.2) is 6.71 Å². The van der Waals surface area contributed by atoms with E-state index in [0.29, 0.717) is 0 Å². The summed E-state index contributed by atoms with van der Waals surface area (Å²) in [7, 11) is 0. The van der Waals surface area contributed by atoms with E-state index >= 15 is 0 Å². The second kappa shape index (κ2) is 9.05. The van der Waals surface area contributed by atoms with Crippen LogP contribution in [-0.2, 0) is 5.41 Å². The maximum atomic E-state index is 6.64. The number of ether oxygens (including phenoxy) is 1. The average Bonchev–Trinajstić information content (AvgIpc) is 3.14. The van der Waals surface area contributed by atoms with Crippen LogP contribution < -0.4 is 30.9 Å². The van der Waals surface area contributed by atoms with Crippen LogP contribution in [0.1, 0.15) is 22.3 Å². The Hall–Kier alpha value is -6.00. The number of nitrogens with zero attached hydrogens (tertiary/aromatic N) is 2. The van der Waals surface area contributed by atoms with Crippen LogP contribution in [0, 0.1) is 0 Å². The van der Waals surface area contributed by atoms with Crippen molar-refractivity contribution < 1.29 is 4.74 Å². The van der Waals surface area contributed by atoms with Gasteiger partial charge in [0.1, 0.15) is 11.5 Å². The van der Waals surface area contributed by atoms with E-state index in [1.807, 2.05) is 0 Å². The number of para-hydroxylation sites is 6. The van der Waals surface area contributed by atoms with Gasteiger partial charge in [0.05, 0.1) is 11.1 Å². The summed E-state index contributed by atoms with van der Waals surface area (Å²) in [5, 5.41) is 0. The van der Waals surface area contributed by atoms with Gasteiger partial charge in [-0.05, 0) is 76.0 Å². The molecule has 0 aliphatic carbocycles. The topological polar surface area (TPSA) is 15.7 Å². The molecule has 0 bridgehead atoms. The quantitative estimate of drug-likeness (QED) is 0.176. The van der Waals surface area contributed by atoms with Gasteiger partial charge in [-0.25, -0.2) is 0 Å². The van der Waals surface area contributed by atoms with E-state index in [1.54, 1.807) is 0 Å². The first-order valence-corrected chi connectivity index (χ1v) is 16.3. The second-order valence-corrected chi connectivity index (χ2v) is 12.8. The minimum Gasteiger partial charge on any atom is -0.457 e. The molecule has 4 aliphatic rings. The Balaban J connectivity index is 1.29. The lowest BCUT2D eigenvalue weighted by atomic mass is 9.33. The van der Waals surface area contributed by atoms with Crippen molar-refractivity contribution in [2.75, 3.05) is 9.80 Å². The summed E-state index contributed by atoms with van der Waals surface area (Å²) in [4.78, 5) is 5.00. The van der Waals surface area contributed by atoms with E-state index in [2.05, 4.69) is 174 Å². The number of hydrogen-bond donors (Lipinski definition) is 0. The van der Waals surface area contributed by atoms with Gasteiger partial charge in [0, 0.05) is 39.6 Å². The van der Waals surface area contributed by atoms with Gasteiger partial charge in [0.25, 0.3) is 6.71 Å². The molecule has 0 unspecified atom stereocenters. The predicted octanol–water partition coefficient (Wildman–Crippen LogP) is 8.57. The molecule has 0 saturated heterocycles. The van der Waals surface area contributed by atoms with Gasteiger partial charge >= 0.3 is 0 Å². The third-order valence-electron chi connectivity index (χ3n) is 10.7. The van der Waals surface area contributed by atoms with Crippen molar-refractivity contribution in [2.24, 2.45) is 0 Å². The highest BCUT2D eigenvalue weighted by molar-refractivity contribution is 7.00. The lowest BCUT2D eigenvalue weighted by Crippen LogP contribution is -2.62. The third kappa shape index (κ3) is 3.03. The molecule has 0 radical (unpaired) electrons. The molecule has 0 atom stereocenters. The largest absolute Gasteiger partial charge is 0.457 e. The maximum Gasteiger partial charge on any atom is 0.252 e. The van der Waals surface area contributed by atoms with Crippen LogP contribution in [0.15, 0.2) is 164 Å². The molecule has 0 amide bonds. The van der Waals surface area contributed by atoms with Crippen molar-refractivity contribution in [2.45, 2.75) is 5.41 Å². The minimum atomic E-state index is -0.552. The number of benzene rings is 7. The Labute approximate surface area is 274 Å². The SMILES string of the molecule is c1ccc(N2c3ccccc3B3c4cccc5c4N(c4ccccc4C54c5ccccc5Oc5ccccc54)c4cccc2c43)cc1. The number of fused-ring (bicyclic) bond motifs is 12. The van der Waals surface area contributed by atoms with E-state index < -0.39 is 5.41 Å². The minimum absolute atomic E-state index is 0.0798. The van der Waals surface area contributed by atoms with Crippen LogP contribution in [0.3, 0.4) is 0 Å². The van der Waals surface area contributed by atoms with E-state index in [0.717, 1.165) is 11.5 Å². The lowest BCUT2D eigenvalue weighted by Gasteiger charge is -2.52. The molecule has 47 heavy (non-hydrogen) atoms. The van der Waals surface area contributed by atoms with Gasteiger partial charge in [-0.3, -0.25) is 0 Å². The summed E-state index contributed by atoms with van der Waals surface area (Å²) in [5.74, 6) is 1.82. The molecule has 4 heteroatoms. The molecule has 1 spiro atoms. The van der Waals surface area contributed by atoms with Crippen LogP contribution in [0.25, 0.3) is 0 Å². The van der Waals surface area contributed by atoms with Crippen molar-refractivity contribution in [3.05, 3.63) is 186 Å². The summed E-state index contributed by atoms with van der Waals surface area (Å²) in [5.41, 5.74) is 15.7. The number of hydrogen-bond acceptors (Lipinski definition) is 3. The monoisotopic (exact) mass is 598 g/mol. The Morgan fingerprint density at radius 1 is 0.404 bits per heavy atom. The van der Waals surface area contributed by atoms with Gasteiger partial charge in [-0.1, -0.05) is 115 Å². The smallest absolute Gasteiger partial charge is 0.252 e. The van der Waals surface area contributed by atoms with Crippen molar-refractivity contribution in [3.8, 4) is 11.5 Å². The lowest BCUT2D eigenvalue weighted by molar-refractivity contribution is 0.434. The van der Waals surface area contributed by atoms with Gasteiger partial charge in [-0.15, -0.1) is 0 Å². The molecule has 0 fully saturated rings. The molecule has 0 aromatic heterocycles. The molecule has 7 aromatic rings. The predicted molar refractivity (Wildman–Crippen MR) is 192 cm³/mol. The Kier molecular flexibility index (Phi) is 4.86. The highest BCUT2D eigenvalue weighted by atomic mass is 16.5. The molecule has 218 valence electrons. The molecule has 3 nitrogen and oxygen atoms in total. The number of rotatable bonds is 1. The normalized spacial score (nSPS) is 15.0. The van der Waals surface area contributed by atoms with Crippen LogP contribution in [0.5, 0.6) is 11.5 Å². The molecule has 0 saturated carbocycles. The second-order valence-electron chi connectivity index (χ2n) is 12.8. The zero-order valence-electron chi connectivity index (χ0n) is 25.5. The van der Waals surface area contributed by atoms with Crippen molar-refractivity contribution in [1.29, 1.82) is 0 Å². The molecule has 7 aromatic carbocycles. The summed E-state index contributed by atoms with van der Waals surface area (Å²) in [6.07, 6.45) is 0. The molecule has 4 heterocycles. The highest BCUT2D eigenvalue weighted by Crippen LogP contribution is 2.63. The van der Waals surface area contributed by atoms with E-state index in [4.69, 9.17) is 4.74 Å². The molecule has 4 aliphatic heterocycles. The van der Waals surface area contributed by atoms with Crippen LogP contribution in [0.2, 0.25) is 0 Å². The average molecular weight is 599 g/mol. The fraction of sp³-hybridized carbons (Fsp3) is 0.0233. The summed E-state index contributed by atoms with van der Waals surface area (Å²) >= 11 is 0. The van der Waals surface area contributed by atoms with Gasteiger partial charge in [0.15, 0.2) is 0 Å². The first-order valence-electron chi connectivity index (χ1n) is 16.3. The standard InChI is InChI=1S/C43H27BN2O/c1-2-14-28(15-3-1)45-36-23-9-7-20-33(36)44-34-21-12-19-32-42(34)46(38-25-13-24-37(45)41(38)44)35-22-8-4-16-29(35)43(32)30-17-5-10-26-39(30)47-40-27-11-6-18-31(40)43/h1-27H. The van der Waals surface area contributed by atoms with Crippen molar-refractivity contribution >= 4 is 57.2 Å². The molecule has 11 rings (SSSR count). The van der Waals surface area contributed by atoms with Gasteiger partial charge in [0.2, 0.25) is 0 Å². The van der Waals surface area contributed by atoms with Crippen LogP contribution >= 0.6 is 0 Å². The van der Waals surface area contributed by atoms with Crippen molar-refractivity contribution in [3.63, 3.8) is 0 Å².